The quantitative estimate of drug-likeness (QED) is 0.538. The van der Waals surface area contributed by atoms with E-state index in [9.17, 15) is 14.7 Å². The number of ether oxygens (including phenoxy) is 1. The summed E-state index contributed by atoms with van der Waals surface area (Å²) in [6.45, 7) is 4.03. The number of carbonyl (C=O) groups is 2. The molecule has 0 amide bonds. The molecule has 1 aromatic carbocycles. The fourth-order valence-electron chi connectivity index (χ4n) is 3.63. The Morgan fingerprint density at radius 2 is 1.74 bits per heavy atom. The first kappa shape index (κ1) is 21.0. The maximum atomic E-state index is 12.9. The lowest BCUT2D eigenvalue weighted by molar-refractivity contribution is -0.136. The number of hydrogen-bond acceptors (Lipinski definition) is 3. The lowest BCUT2D eigenvalue weighted by Gasteiger charge is -2.08. The second kappa shape index (κ2) is 10.1. The molecule has 1 aromatic heterocycles. The van der Waals surface area contributed by atoms with Crippen LogP contribution in [0.15, 0.2) is 18.2 Å². The molecule has 1 heterocycles. The number of aromatic nitrogens is 1. The van der Waals surface area contributed by atoms with Gasteiger partial charge in [0, 0.05) is 17.5 Å². The number of unbranched alkanes of at least 4 members (excludes halogenated alkanes) is 6. The molecule has 0 aliphatic heterocycles. The van der Waals surface area contributed by atoms with Crippen molar-refractivity contribution >= 4 is 22.8 Å². The zero-order valence-electron chi connectivity index (χ0n) is 16.7. The first-order chi connectivity index (χ1) is 13.0. The molecule has 0 saturated heterocycles. The van der Waals surface area contributed by atoms with Gasteiger partial charge in [-0.25, -0.2) is 0 Å². The molecule has 2 rings (SSSR count). The van der Waals surface area contributed by atoms with Crippen LogP contribution < -0.4 is 4.74 Å². The number of hydrogen-bond donors (Lipinski definition) is 1. The maximum absolute atomic E-state index is 12.9. The minimum absolute atomic E-state index is 0.0351. The van der Waals surface area contributed by atoms with Crippen LogP contribution in [0.5, 0.6) is 5.75 Å². The molecule has 1 N–H and O–H groups in total. The molecular weight excluding hydrogens is 342 g/mol. The highest BCUT2D eigenvalue weighted by molar-refractivity contribution is 5.98. The zero-order chi connectivity index (χ0) is 19.8. The van der Waals surface area contributed by atoms with Gasteiger partial charge in [-0.3, -0.25) is 14.2 Å². The van der Waals surface area contributed by atoms with Crippen molar-refractivity contribution in [1.82, 2.24) is 4.57 Å². The van der Waals surface area contributed by atoms with E-state index in [2.05, 4.69) is 6.92 Å². The number of carbonyl (C=O) groups excluding carboxylic acids is 1. The fraction of sp³-hybridized carbons (Fsp3) is 0.545. The van der Waals surface area contributed by atoms with Crippen molar-refractivity contribution in [2.75, 3.05) is 7.11 Å². The predicted molar refractivity (Wildman–Crippen MR) is 108 cm³/mol. The van der Waals surface area contributed by atoms with Gasteiger partial charge in [-0.1, -0.05) is 45.4 Å². The molecule has 27 heavy (non-hydrogen) atoms. The van der Waals surface area contributed by atoms with E-state index < -0.39 is 5.97 Å². The van der Waals surface area contributed by atoms with E-state index in [4.69, 9.17) is 4.74 Å². The summed E-state index contributed by atoms with van der Waals surface area (Å²) >= 11 is 0. The molecule has 0 spiro atoms. The van der Waals surface area contributed by atoms with Gasteiger partial charge in [0.15, 0.2) is 0 Å². The van der Waals surface area contributed by atoms with Crippen LogP contribution in [0.2, 0.25) is 0 Å². The zero-order valence-corrected chi connectivity index (χ0v) is 16.7. The standard InChI is InChI=1S/C22H31NO4/c1-4-5-6-7-8-9-10-11-21(24)23-16(2)18(15-22(25)26)19-14-17(27-3)12-13-20(19)23/h12-14H,4-11,15H2,1-3H3,(H,25,26). The molecule has 0 bridgehead atoms. The minimum atomic E-state index is -0.903. The van der Waals surface area contributed by atoms with Crippen molar-refractivity contribution in [1.29, 1.82) is 0 Å². The highest BCUT2D eigenvalue weighted by Crippen LogP contribution is 2.30. The maximum Gasteiger partial charge on any atom is 0.307 e. The van der Waals surface area contributed by atoms with Crippen LogP contribution in [0.1, 0.15) is 74.3 Å². The smallest absolute Gasteiger partial charge is 0.307 e. The van der Waals surface area contributed by atoms with Crippen LogP contribution in [0.3, 0.4) is 0 Å². The number of aliphatic carboxylic acids is 1. The summed E-state index contributed by atoms with van der Waals surface area (Å²) in [5.41, 5.74) is 2.16. The third-order valence-corrected chi connectivity index (χ3v) is 5.11. The summed E-state index contributed by atoms with van der Waals surface area (Å²) in [5.74, 6) is -0.210. The van der Waals surface area contributed by atoms with Gasteiger partial charge in [0.2, 0.25) is 5.91 Å². The molecule has 0 aliphatic carbocycles. The van der Waals surface area contributed by atoms with Crippen LogP contribution in [0.4, 0.5) is 0 Å². The van der Waals surface area contributed by atoms with Gasteiger partial charge in [-0.05, 0) is 37.1 Å². The van der Waals surface area contributed by atoms with Crippen molar-refractivity contribution in [2.24, 2.45) is 0 Å². The van der Waals surface area contributed by atoms with E-state index >= 15 is 0 Å². The molecule has 148 valence electrons. The molecule has 0 fully saturated rings. The second-order valence-corrected chi connectivity index (χ2v) is 7.12. The molecule has 0 radical (unpaired) electrons. The van der Waals surface area contributed by atoms with Gasteiger partial charge in [-0.15, -0.1) is 0 Å². The Labute approximate surface area is 161 Å². The number of rotatable bonds is 11. The lowest BCUT2D eigenvalue weighted by atomic mass is 10.1. The van der Waals surface area contributed by atoms with E-state index in [1.165, 1.54) is 32.1 Å². The number of benzene rings is 1. The van der Waals surface area contributed by atoms with Crippen LogP contribution in [0.25, 0.3) is 10.9 Å². The summed E-state index contributed by atoms with van der Waals surface area (Å²) in [7, 11) is 1.58. The third-order valence-electron chi connectivity index (χ3n) is 5.11. The molecule has 2 aromatic rings. The van der Waals surface area contributed by atoms with Crippen molar-refractivity contribution in [2.45, 2.75) is 71.6 Å². The van der Waals surface area contributed by atoms with Crippen LogP contribution in [-0.2, 0) is 11.2 Å². The van der Waals surface area contributed by atoms with E-state index in [-0.39, 0.29) is 12.3 Å². The van der Waals surface area contributed by atoms with Crippen molar-refractivity contribution < 1.29 is 19.4 Å². The minimum Gasteiger partial charge on any atom is -0.497 e. The molecule has 0 unspecified atom stereocenters. The molecule has 0 atom stereocenters. The number of carboxylic acids is 1. The Bertz CT molecular complexity index is 791. The van der Waals surface area contributed by atoms with E-state index in [1.807, 2.05) is 25.1 Å². The number of methoxy groups -OCH3 is 1. The predicted octanol–water partition coefficient (Wildman–Crippen LogP) is 5.37. The van der Waals surface area contributed by atoms with Gasteiger partial charge in [-0.2, -0.15) is 0 Å². The largest absolute Gasteiger partial charge is 0.497 e. The highest BCUT2D eigenvalue weighted by atomic mass is 16.5. The SMILES string of the molecule is CCCCCCCCCC(=O)n1c(C)c(CC(=O)O)c2cc(OC)ccc21. The number of fused-ring (bicyclic) bond motifs is 1. The van der Waals surface area contributed by atoms with Crippen LogP contribution >= 0.6 is 0 Å². The molecule has 0 saturated carbocycles. The molecule has 5 heteroatoms. The Morgan fingerprint density at radius 3 is 2.37 bits per heavy atom. The van der Waals surface area contributed by atoms with E-state index in [1.54, 1.807) is 11.7 Å². The normalized spacial score (nSPS) is 11.1. The fourth-order valence-corrected chi connectivity index (χ4v) is 3.63. The molecule has 5 nitrogen and oxygen atoms in total. The van der Waals surface area contributed by atoms with Crippen LogP contribution in [-0.4, -0.2) is 28.7 Å². The van der Waals surface area contributed by atoms with Gasteiger partial charge >= 0.3 is 5.97 Å². The molecule has 0 aliphatic rings. The first-order valence-corrected chi connectivity index (χ1v) is 9.92. The Hall–Kier alpha value is -2.30. The van der Waals surface area contributed by atoms with E-state index in [0.29, 0.717) is 23.4 Å². The summed E-state index contributed by atoms with van der Waals surface area (Å²) in [5, 5.41) is 10.0. The summed E-state index contributed by atoms with van der Waals surface area (Å²) < 4.78 is 6.95. The Morgan fingerprint density at radius 1 is 1.07 bits per heavy atom. The van der Waals surface area contributed by atoms with Crippen molar-refractivity contribution in [3.63, 3.8) is 0 Å². The van der Waals surface area contributed by atoms with E-state index in [0.717, 1.165) is 23.7 Å². The number of nitrogens with zero attached hydrogens (tertiary/aromatic N) is 1. The topological polar surface area (TPSA) is 68.5 Å². The summed E-state index contributed by atoms with van der Waals surface area (Å²) in [4.78, 5) is 24.1. The van der Waals surface area contributed by atoms with Crippen molar-refractivity contribution in [3.05, 3.63) is 29.5 Å². The average molecular weight is 373 g/mol. The van der Waals surface area contributed by atoms with Gasteiger partial charge in [0.1, 0.15) is 5.75 Å². The lowest BCUT2D eigenvalue weighted by Crippen LogP contribution is -2.12. The van der Waals surface area contributed by atoms with Gasteiger partial charge < -0.3 is 9.84 Å². The highest BCUT2D eigenvalue weighted by Gasteiger charge is 2.20. The van der Waals surface area contributed by atoms with Gasteiger partial charge in [0.25, 0.3) is 0 Å². The summed E-state index contributed by atoms with van der Waals surface area (Å²) in [6, 6.07) is 5.47. The Kier molecular flexibility index (Phi) is 7.89. The summed E-state index contributed by atoms with van der Waals surface area (Å²) in [6.07, 6.45) is 8.50. The average Bonchev–Trinajstić information content (AvgIpc) is 2.91. The second-order valence-electron chi connectivity index (χ2n) is 7.12. The van der Waals surface area contributed by atoms with Gasteiger partial charge in [0.05, 0.1) is 19.0 Å². The first-order valence-electron chi connectivity index (χ1n) is 9.92. The number of carboxylic acid groups (broad SMARTS) is 1. The van der Waals surface area contributed by atoms with Crippen molar-refractivity contribution in [3.8, 4) is 5.75 Å². The van der Waals surface area contributed by atoms with Crippen LogP contribution in [0, 0.1) is 6.92 Å². The monoisotopic (exact) mass is 373 g/mol. The third kappa shape index (κ3) is 5.34. The molecular formula is C22H31NO4. The Balaban J connectivity index is 2.15.